The molecule has 0 aliphatic heterocycles. The first-order valence-corrected chi connectivity index (χ1v) is 8.03. The molecule has 0 fully saturated rings. The van der Waals surface area contributed by atoms with E-state index in [1.54, 1.807) is 0 Å². The zero-order valence-electron chi connectivity index (χ0n) is 12.1. The van der Waals surface area contributed by atoms with Crippen LogP contribution in [0.25, 0.3) is 0 Å². The van der Waals surface area contributed by atoms with Crippen molar-refractivity contribution in [3.8, 4) is 0 Å². The molecule has 0 heterocycles. The molecule has 3 heteroatoms. The number of hydrogen-bond donors (Lipinski definition) is 1. The fourth-order valence-electron chi connectivity index (χ4n) is 2.33. The van der Waals surface area contributed by atoms with Crippen LogP contribution in [0.3, 0.4) is 0 Å². The number of aliphatic hydroxyl groups excluding tert-OH is 1. The van der Waals surface area contributed by atoms with E-state index in [2.05, 4.69) is 0 Å². The molecule has 1 aliphatic carbocycles. The van der Waals surface area contributed by atoms with E-state index >= 15 is 0 Å². The van der Waals surface area contributed by atoms with E-state index in [4.69, 9.17) is 11.6 Å². The van der Waals surface area contributed by atoms with Crippen molar-refractivity contribution in [2.24, 2.45) is 0 Å². The number of rotatable bonds is 11. The molecule has 0 aromatic carbocycles. The highest BCUT2D eigenvalue weighted by molar-refractivity contribution is 6.63. The van der Waals surface area contributed by atoms with Crippen LogP contribution >= 0.6 is 11.6 Å². The van der Waals surface area contributed by atoms with Crippen LogP contribution in [0.5, 0.6) is 0 Å². The summed E-state index contributed by atoms with van der Waals surface area (Å²) in [4.78, 5) is 10.5. The average molecular weight is 297 g/mol. The second-order valence-electron chi connectivity index (χ2n) is 5.30. The maximum atomic E-state index is 10.5. The molecule has 0 radical (unpaired) electrons. The van der Waals surface area contributed by atoms with Crippen LogP contribution in [0.2, 0.25) is 0 Å². The minimum atomic E-state index is -0.217. The smallest absolute Gasteiger partial charge is 0.221 e. The van der Waals surface area contributed by atoms with E-state index in [-0.39, 0.29) is 5.24 Å². The fraction of sp³-hybridized carbons (Fsp3) is 0.588. The first-order valence-electron chi connectivity index (χ1n) is 7.65. The highest BCUT2D eigenvalue weighted by Crippen LogP contribution is 2.17. The van der Waals surface area contributed by atoms with E-state index in [9.17, 15) is 9.90 Å². The van der Waals surface area contributed by atoms with Gasteiger partial charge in [0.15, 0.2) is 0 Å². The van der Waals surface area contributed by atoms with E-state index in [1.165, 1.54) is 32.1 Å². The van der Waals surface area contributed by atoms with Crippen LogP contribution in [0.15, 0.2) is 35.6 Å². The molecule has 0 atom stereocenters. The highest BCUT2D eigenvalue weighted by atomic mass is 35.5. The molecular formula is C17H25ClO2. The van der Waals surface area contributed by atoms with Crippen molar-refractivity contribution in [1.82, 2.24) is 0 Å². The molecule has 0 aromatic rings. The zero-order chi connectivity index (χ0) is 14.6. The number of unbranched alkanes of at least 4 members (excludes halogenated alkanes) is 7. The number of allylic oxidation sites excluding steroid dienone is 6. The SMILES string of the molecule is O=C(Cl)CCCCCCCCCCC(O)=C1C=CC=C1. The third-order valence-electron chi connectivity index (χ3n) is 3.53. The summed E-state index contributed by atoms with van der Waals surface area (Å²) in [5, 5.41) is 9.62. The fourth-order valence-corrected chi connectivity index (χ4v) is 2.46. The van der Waals surface area contributed by atoms with Crippen LogP contribution in [-0.4, -0.2) is 10.3 Å². The summed E-state index contributed by atoms with van der Waals surface area (Å²) in [6.07, 6.45) is 18.2. The van der Waals surface area contributed by atoms with Crippen molar-refractivity contribution in [2.75, 3.05) is 0 Å². The highest BCUT2D eigenvalue weighted by Gasteiger charge is 2.02. The van der Waals surface area contributed by atoms with Crippen molar-refractivity contribution in [1.29, 1.82) is 0 Å². The van der Waals surface area contributed by atoms with Crippen LogP contribution in [-0.2, 0) is 4.79 Å². The lowest BCUT2D eigenvalue weighted by Gasteiger charge is -2.03. The number of carbonyl (C=O) groups excluding carboxylic acids is 1. The molecule has 112 valence electrons. The first kappa shape index (κ1) is 17.0. The van der Waals surface area contributed by atoms with Gasteiger partial charge in [-0.3, -0.25) is 4.79 Å². The lowest BCUT2D eigenvalue weighted by Crippen LogP contribution is -1.88. The molecule has 20 heavy (non-hydrogen) atoms. The Morgan fingerprint density at radius 1 is 0.850 bits per heavy atom. The van der Waals surface area contributed by atoms with Gasteiger partial charge >= 0.3 is 0 Å². The third-order valence-corrected chi connectivity index (χ3v) is 3.72. The first-order chi connectivity index (χ1) is 9.70. The Balaban J connectivity index is 1.88. The number of aliphatic hydroxyl groups is 1. The average Bonchev–Trinajstić information content (AvgIpc) is 2.94. The maximum Gasteiger partial charge on any atom is 0.221 e. The molecule has 0 bridgehead atoms. The number of hydrogen-bond acceptors (Lipinski definition) is 2. The molecule has 0 unspecified atom stereocenters. The van der Waals surface area contributed by atoms with Gasteiger partial charge in [0.2, 0.25) is 5.24 Å². The van der Waals surface area contributed by atoms with Gasteiger partial charge in [0.1, 0.15) is 0 Å². The van der Waals surface area contributed by atoms with Crippen molar-refractivity contribution in [2.45, 2.75) is 64.2 Å². The Labute approximate surface area is 127 Å². The molecule has 2 nitrogen and oxygen atoms in total. The minimum absolute atomic E-state index is 0.217. The van der Waals surface area contributed by atoms with Gasteiger partial charge in [-0.05, 0) is 24.4 Å². The summed E-state index contributed by atoms with van der Waals surface area (Å²) >= 11 is 5.28. The lowest BCUT2D eigenvalue weighted by molar-refractivity contribution is -0.111. The van der Waals surface area contributed by atoms with Crippen molar-refractivity contribution < 1.29 is 9.90 Å². The Morgan fingerprint density at radius 3 is 1.80 bits per heavy atom. The van der Waals surface area contributed by atoms with Crippen molar-refractivity contribution >= 4 is 16.8 Å². The predicted octanol–water partition coefficient (Wildman–Crippen LogP) is 5.59. The van der Waals surface area contributed by atoms with Crippen LogP contribution < -0.4 is 0 Å². The zero-order valence-corrected chi connectivity index (χ0v) is 12.9. The lowest BCUT2D eigenvalue weighted by atomic mass is 10.1. The third kappa shape index (κ3) is 8.21. The normalized spacial score (nSPS) is 13.2. The molecule has 0 aromatic heterocycles. The molecule has 0 spiro atoms. The van der Waals surface area contributed by atoms with Gasteiger partial charge in [-0.2, -0.15) is 0 Å². The molecule has 1 aliphatic rings. The van der Waals surface area contributed by atoms with E-state index in [1.807, 2.05) is 24.3 Å². The Bertz CT molecular complexity index is 366. The molecule has 1 N–H and O–H groups in total. The van der Waals surface area contributed by atoms with Crippen molar-refractivity contribution in [3.63, 3.8) is 0 Å². The van der Waals surface area contributed by atoms with Gasteiger partial charge in [-0.15, -0.1) is 0 Å². The summed E-state index contributed by atoms with van der Waals surface area (Å²) in [6.45, 7) is 0. The molecule has 0 saturated carbocycles. The Morgan fingerprint density at radius 2 is 1.30 bits per heavy atom. The second kappa shape index (κ2) is 10.7. The van der Waals surface area contributed by atoms with Crippen LogP contribution in [0.1, 0.15) is 64.2 Å². The standard InChI is InChI=1S/C17H25ClO2/c18-17(20)14-8-6-4-2-1-3-5-7-13-16(19)15-11-9-10-12-15/h9-12,19H,1-8,13-14H2. The summed E-state index contributed by atoms with van der Waals surface area (Å²) < 4.78 is 0. The van der Waals surface area contributed by atoms with Gasteiger partial charge in [-0.25, -0.2) is 0 Å². The van der Waals surface area contributed by atoms with Crippen molar-refractivity contribution in [3.05, 3.63) is 35.6 Å². The quantitative estimate of drug-likeness (QED) is 0.306. The summed E-state index contributed by atoms with van der Waals surface area (Å²) in [5.74, 6) is 0.515. The van der Waals surface area contributed by atoms with Crippen LogP contribution in [0.4, 0.5) is 0 Å². The van der Waals surface area contributed by atoms with E-state index < -0.39 is 0 Å². The Kier molecular flexibility index (Phi) is 9.14. The van der Waals surface area contributed by atoms with Gasteiger partial charge in [-0.1, -0.05) is 62.8 Å². The van der Waals surface area contributed by atoms with Gasteiger partial charge < -0.3 is 5.11 Å². The summed E-state index contributed by atoms with van der Waals surface area (Å²) in [6, 6.07) is 0. The summed E-state index contributed by atoms with van der Waals surface area (Å²) in [7, 11) is 0. The van der Waals surface area contributed by atoms with E-state index in [0.717, 1.165) is 31.3 Å². The van der Waals surface area contributed by atoms with Gasteiger partial charge in [0, 0.05) is 18.4 Å². The number of halogens is 1. The van der Waals surface area contributed by atoms with Gasteiger partial charge in [0.25, 0.3) is 0 Å². The monoisotopic (exact) mass is 296 g/mol. The largest absolute Gasteiger partial charge is 0.512 e. The molecule has 0 saturated heterocycles. The molecular weight excluding hydrogens is 272 g/mol. The Hall–Kier alpha value is -1.02. The topological polar surface area (TPSA) is 37.3 Å². The maximum absolute atomic E-state index is 10.5. The van der Waals surface area contributed by atoms with Crippen LogP contribution in [0, 0.1) is 0 Å². The van der Waals surface area contributed by atoms with Gasteiger partial charge in [0.05, 0.1) is 5.76 Å². The summed E-state index contributed by atoms with van der Waals surface area (Å²) in [5.41, 5.74) is 0.957. The second-order valence-corrected chi connectivity index (χ2v) is 5.73. The minimum Gasteiger partial charge on any atom is -0.512 e. The van der Waals surface area contributed by atoms with E-state index in [0.29, 0.717) is 12.2 Å². The predicted molar refractivity (Wildman–Crippen MR) is 85.0 cm³/mol. The molecule has 0 amide bonds. The number of carbonyl (C=O) groups is 1. The molecule has 1 rings (SSSR count).